The normalized spacial score (nSPS) is 11.8. The second-order valence-corrected chi connectivity index (χ2v) is 19.8. The van der Waals surface area contributed by atoms with E-state index in [0.29, 0.717) is 0 Å². The molecular formula is C42H42O2Si3. The molecule has 0 fully saturated rings. The molecule has 6 aromatic rings. The van der Waals surface area contributed by atoms with Crippen molar-refractivity contribution in [2.24, 2.45) is 0 Å². The predicted molar refractivity (Wildman–Crippen MR) is 204 cm³/mol. The summed E-state index contributed by atoms with van der Waals surface area (Å²) in [5.41, 5.74) is 1.37. The van der Waals surface area contributed by atoms with Gasteiger partial charge in [0.1, 0.15) is 0 Å². The summed E-state index contributed by atoms with van der Waals surface area (Å²) in [5.74, 6) is 0. The first-order valence-electron chi connectivity index (χ1n) is 16.8. The third-order valence-corrected chi connectivity index (χ3v) is 19.0. The average Bonchev–Trinajstić information content (AvgIpc) is 3.16. The van der Waals surface area contributed by atoms with E-state index >= 15 is 0 Å². The largest absolute Gasteiger partial charge is 0.426 e. The molecule has 6 rings (SSSR count). The second-order valence-electron chi connectivity index (χ2n) is 11.9. The van der Waals surface area contributed by atoms with E-state index in [-0.39, 0.29) is 9.76 Å². The number of hydrogen-bond donors (Lipinski definition) is 0. The number of unbranched alkanes of at least 4 members (excludes halogenated alkanes) is 3. The highest BCUT2D eigenvalue weighted by Crippen LogP contribution is 2.21. The molecule has 0 aliphatic rings. The van der Waals surface area contributed by atoms with Gasteiger partial charge >= 0.3 is 8.56 Å². The van der Waals surface area contributed by atoms with Crippen LogP contribution in [-0.2, 0) is 14.7 Å². The van der Waals surface area contributed by atoms with Crippen molar-refractivity contribution < 1.29 is 8.23 Å². The van der Waals surface area contributed by atoms with Crippen LogP contribution in [0, 0.1) is 0 Å². The van der Waals surface area contributed by atoms with Crippen molar-refractivity contribution in [3.05, 3.63) is 181 Å². The maximum atomic E-state index is 8.31. The van der Waals surface area contributed by atoms with Crippen LogP contribution in [0.5, 0.6) is 0 Å². The summed E-state index contributed by atoms with van der Waals surface area (Å²) < 4.78 is 15.7. The van der Waals surface area contributed by atoms with Crippen LogP contribution in [0.4, 0.5) is 0 Å². The van der Waals surface area contributed by atoms with Crippen molar-refractivity contribution in [2.45, 2.75) is 39.0 Å². The maximum absolute atomic E-state index is 8.31. The molecule has 47 heavy (non-hydrogen) atoms. The molecule has 0 saturated carbocycles. The van der Waals surface area contributed by atoms with Gasteiger partial charge in [0.2, 0.25) is 0 Å². The number of benzene rings is 6. The van der Waals surface area contributed by atoms with Crippen molar-refractivity contribution in [3.8, 4) is 0 Å². The smallest absolute Gasteiger partial charge is 0.387 e. The van der Waals surface area contributed by atoms with Crippen LogP contribution < -0.4 is 31.1 Å². The van der Waals surface area contributed by atoms with E-state index in [9.17, 15) is 0 Å². The van der Waals surface area contributed by atoms with E-state index in [1.165, 1.54) is 40.4 Å². The van der Waals surface area contributed by atoms with Crippen LogP contribution in [0.25, 0.3) is 0 Å². The lowest BCUT2D eigenvalue weighted by Gasteiger charge is -2.43. The Morgan fingerprint density at radius 1 is 0.468 bits per heavy atom. The fraction of sp³-hybridized carbons (Fsp3) is 0.143. The monoisotopic (exact) mass is 662 g/mol. The van der Waals surface area contributed by atoms with E-state index in [4.69, 9.17) is 8.23 Å². The Balaban J connectivity index is 1.65. The third-order valence-electron chi connectivity index (χ3n) is 8.75. The second kappa shape index (κ2) is 16.1. The van der Waals surface area contributed by atoms with E-state index in [2.05, 4.69) is 183 Å². The van der Waals surface area contributed by atoms with Gasteiger partial charge in [0.05, 0.1) is 0 Å². The third kappa shape index (κ3) is 7.40. The highest BCUT2D eigenvalue weighted by Gasteiger charge is 2.54. The zero-order valence-corrected chi connectivity index (χ0v) is 30.1. The molecule has 2 radical (unpaired) electrons. The number of hydrogen-bond acceptors (Lipinski definition) is 2. The first-order valence-corrected chi connectivity index (χ1v) is 21.4. The fourth-order valence-corrected chi connectivity index (χ4v) is 18.2. The summed E-state index contributed by atoms with van der Waals surface area (Å²) in [6, 6.07) is 63.1. The Bertz CT molecular complexity index is 1700. The molecule has 0 aliphatic heterocycles. The lowest BCUT2D eigenvalue weighted by atomic mass is 10.1. The predicted octanol–water partition coefficient (Wildman–Crippen LogP) is 6.01. The zero-order chi connectivity index (χ0) is 32.2. The van der Waals surface area contributed by atoms with Crippen LogP contribution in [0.2, 0.25) is 0 Å². The summed E-state index contributed by atoms with van der Waals surface area (Å²) in [6.45, 7) is 2.28. The molecule has 6 aromatic carbocycles. The minimum absolute atomic E-state index is 0.122. The van der Waals surface area contributed by atoms with Gasteiger partial charge in [0.15, 0.2) is 0 Å². The molecule has 0 heterocycles. The summed E-state index contributed by atoms with van der Waals surface area (Å²) in [7, 11) is -6.52. The van der Waals surface area contributed by atoms with Gasteiger partial charge in [-0.05, 0) is 49.5 Å². The minimum atomic E-state index is -3.41. The highest BCUT2D eigenvalue weighted by atomic mass is 28.5. The Morgan fingerprint density at radius 2 is 0.915 bits per heavy atom. The summed E-state index contributed by atoms with van der Waals surface area (Å²) >= 11 is 0. The average molecular weight is 663 g/mol. The highest BCUT2D eigenvalue weighted by molar-refractivity contribution is 7.14. The molecular weight excluding hydrogens is 621 g/mol. The quantitative estimate of drug-likeness (QED) is 0.0762. The molecule has 0 aromatic heterocycles. The van der Waals surface area contributed by atoms with E-state index in [0.717, 1.165) is 28.4 Å². The van der Waals surface area contributed by atoms with E-state index in [1.54, 1.807) is 0 Å². The van der Waals surface area contributed by atoms with Crippen LogP contribution in [0.3, 0.4) is 0 Å². The fourth-order valence-electron chi connectivity index (χ4n) is 6.41. The Hall–Kier alpha value is -4.11. The van der Waals surface area contributed by atoms with Gasteiger partial charge < -0.3 is 8.23 Å². The lowest BCUT2D eigenvalue weighted by Crippen LogP contribution is -2.79. The first-order chi connectivity index (χ1) is 23.3. The summed E-state index contributed by atoms with van der Waals surface area (Å²) in [4.78, 5) is 0. The molecule has 2 nitrogen and oxygen atoms in total. The standard InChI is InChI=1S/C42H42O2Si3/c1-2-3-4-10-23-36-24-21-22-35-42(36)46(38-27-13-6-14-28-38,39-29-15-7-16-30-39)44-47(40-31-17-8-18-32-40,41-33-19-9-20-34-41)43-45-37-25-11-5-12-26-37/h5-9,11-22,24-35H,2-4,10,23H2,1H3. The van der Waals surface area contributed by atoms with Crippen LogP contribution in [0.15, 0.2) is 176 Å². The molecule has 0 N–H and O–H groups in total. The van der Waals surface area contributed by atoms with Crippen LogP contribution >= 0.6 is 0 Å². The van der Waals surface area contributed by atoms with Gasteiger partial charge in [-0.25, -0.2) is 0 Å². The molecule has 0 amide bonds. The zero-order valence-electron chi connectivity index (χ0n) is 27.1. The topological polar surface area (TPSA) is 18.5 Å². The molecule has 0 atom stereocenters. The SMILES string of the molecule is CCCCCCc1ccccc1[Si](O[Si](O[Si]c1ccccc1)(c1ccccc1)c1ccccc1)(c1ccccc1)c1ccccc1. The van der Waals surface area contributed by atoms with Gasteiger partial charge in [-0.2, -0.15) is 0 Å². The molecule has 0 spiro atoms. The van der Waals surface area contributed by atoms with Gasteiger partial charge in [-0.3, -0.25) is 0 Å². The Morgan fingerprint density at radius 3 is 1.43 bits per heavy atom. The van der Waals surface area contributed by atoms with E-state index in [1.807, 2.05) is 0 Å². The van der Waals surface area contributed by atoms with Crippen molar-refractivity contribution in [2.75, 3.05) is 0 Å². The number of aryl methyl sites for hydroxylation is 1. The molecule has 0 bridgehead atoms. The summed E-state index contributed by atoms with van der Waals surface area (Å²) in [5, 5.41) is 7.13. The number of rotatable bonds is 15. The van der Waals surface area contributed by atoms with Crippen LogP contribution in [-0.4, -0.2) is 26.6 Å². The molecule has 234 valence electrons. The van der Waals surface area contributed by atoms with Gasteiger partial charge in [0, 0.05) is 0 Å². The molecule has 0 saturated heterocycles. The van der Waals surface area contributed by atoms with Gasteiger partial charge in [-0.15, -0.1) is 0 Å². The van der Waals surface area contributed by atoms with Crippen molar-refractivity contribution >= 4 is 57.8 Å². The van der Waals surface area contributed by atoms with Crippen molar-refractivity contribution in [3.63, 3.8) is 0 Å². The Kier molecular flexibility index (Phi) is 11.3. The first kappa shape index (κ1) is 32.8. The Labute approximate surface area is 285 Å². The van der Waals surface area contributed by atoms with E-state index < -0.39 is 16.9 Å². The van der Waals surface area contributed by atoms with Gasteiger partial charge in [-0.1, -0.05) is 202 Å². The molecule has 0 unspecified atom stereocenters. The van der Waals surface area contributed by atoms with Gasteiger partial charge in [0.25, 0.3) is 18.1 Å². The van der Waals surface area contributed by atoms with Crippen molar-refractivity contribution in [1.82, 2.24) is 0 Å². The molecule has 5 heteroatoms. The lowest BCUT2D eigenvalue weighted by molar-refractivity contribution is 0.442. The van der Waals surface area contributed by atoms with Crippen molar-refractivity contribution in [1.29, 1.82) is 0 Å². The van der Waals surface area contributed by atoms with Crippen LogP contribution in [0.1, 0.15) is 38.2 Å². The summed E-state index contributed by atoms with van der Waals surface area (Å²) in [6.07, 6.45) is 5.88. The molecule has 0 aliphatic carbocycles. The maximum Gasteiger partial charge on any atom is 0.387 e. The minimum Gasteiger partial charge on any atom is -0.426 e.